The molecule has 0 aliphatic carbocycles. The van der Waals surface area contributed by atoms with Gasteiger partial charge >= 0.3 is 5.97 Å². The van der Waals surface area contributed by atoms with E-state index in [2.05, 4.69) is 11.5 Å². The summed E-state index contributed by atoms with van der Waals surface area (Å²) in [6.07, 6.45) is 3.67. The van der Waals surface area contributed by atoms with Crippen molar-refractivity contribution in [3.8, 4) is 6.07 Å². The smallest absolute Gasteiger partial charge is 0.349 e. The zero-order valence-electron chi connectivity index (χ0n) is 14.5. The Morgan fingerprint density at radius 3 is 2.76 bits per heavy atom. The number of nitriles is 1. The summed E-state index contributed by atoms with van der Waals surface area (Å²) in [4.78, 5) is 24.3. The van der Waals surface area contributed by atoms with Crippen LogP contribution >= 0.6 is 0 Å². The van der Waals surface area contributed by atoms with Crippen molar-refractivity contribution < 1.29 is 18.7 Å². The Kier molecular flexibility index (Phi) is 5.96. The Morgan fingerprint density at radius 2 is 2.16 bits per heavy atom. The van der Waals surface area contributed by atoms with Crippen molar-refractivity contribution in [2.45, 2.75) is 33.7 Å². The summed E-state index contributed by atoms with van der Waals surface area (Å²) in [5, 5.41) is 9.07. The second-order valence-electron chi connectivity index (χ2n) is 5.62. The molecule has 0 aromatic carbocycles. The first kappa shape index (κ1) is 18.3. The lowest BCUT2D eigenvalue weighted by atomic mass is 10.1. The fourth-order valence-electron chi connectivity index (χ4n) is 2.59. The molecule has 0 aliphatic rings. The summed E-state index contributed by atoms with van der Waals surface area (Å²) in [5.41, 5.74) is 2.16. The van der Waals surface area contributed by atoms with Crippen molar-refractivity contribution in [1.29, 1.82) is 5.26 Å². The van der Waals surface area contributed by atoms with Gasteiger partial charge in [0.1, 0.15) is 17.4 Å². The number of hydrogen-bond donors (Lipinski definition) is 0. The summed E-state index contributed by atoms with van der Waals surface area (Å²) in [6, 6.07) is 6.80. The summed E-state index contributed by atoms with van der Waals surface area (Å²) in [5.74, 6) is -0.781. The van der Waals surface area contributed by atoms with Gasteiger partial charge in [0.15, 0.2) is 6.61 Å². The van der Waals surface area contributed by atoms with Gasteiger partial charge in [-0.2, -0.15) is 5.26 Å². The maximum absolute atomic E-state index is 12.4. The molecule has 0 N–H and O–H groups in total. The zero-order chi connectivity index (χ0) is 18.4. The van der Waals surface area contributed by atoms with Gasteiger partial charge in [-0.15, -0.1) is 0 Å². The SMILES string of the molecule is CCCn1c(C)cc(C(=O)COC(=O)/C(C#N)=C/c2ccco2)c1C. The van der Waals surface area contributed by atoms with Gasteiger partial charge in [-0.25, -0.2) is 4.79 Å². The Balaban J connectivity index is 2.06. The van der Waals surface area contributed by atoms with E-state index < -0.39 is 12.6 Å². The van der Waals surface area contributed by atoms with Gasteiger partial charge in [0, 0.05) is 29.6 Å². The van der Waals surface area contributed by atoms with E-state index in [-0.39, 0.29) is 11.4 Å². The lowest BCUT2D eigenvalue weighted by Crippen LogP contribution is -2.16. The number of rotatable bonds is 7. The zero-order valence-corrected chi connectivity index (χ0v) is 14.5. The third kappa shape index (κ3) is 4.27. The fourth-order valence-corrected chi connectivity index (χ4v) is 2.59. The number of carbonyl (C=O) groups is 2. The minimum absolute atomic E-state index is 0.223. The highest BCUT2D eigenvalue weighted by Gasteiger charge is 2.18. The van der Waals surface area contributed by atoms with E-state index in [1.165, 1.54) is 12.3 Å². The van der Waals surface area contributed by atoms with Crippen LogP contribution in [0.1, 0.15) is 40.9 Å². The molecule has 0 saturated heterocycles. The van der Waals surface area contributed by atoms with Gasteiger partial charge < -0.3 is 13.7 Å². The molecule has 6 heteroatoms. The maximum atomic E-state index is 12.4. The summed E-state index contributed by atoms with van der Waals surface area (Å²) in [6.45, 7) is 6.29. The predicted molar refractivity (Wildman–Crippen MR) is 91.8 cm³/mol. The molecule has 0 bridgehead atoms. The minimum Gasteiger partial charge on any atom is -0.465 e. The summed E-state index contributed by atoms with van der Waals surface area (Å²) >= 11 is 0. The average Bonchev–Trinajstić information content (AvgIpc) is 3.20. The quantitative estimate of drug-likeness (QED) is 0.333. The van der Waals surface area contributed by atoms with Crippen LogP contribution in [0, 0.1) is 25.2 Å². The molecule has 0 unspecified atom stereocenters. The molecule has 0 radical (unpaired) electrons. The Bertz CT molecular complexity index is 836. The normalized spacial score (nSPS) is 11.2. The first-order chi connectivity index (χ1) is 12.0. The van der Waals surface area contributed by atoms with Crippen molar-refractivity contribution in [2.24, 2.45) is 0 Å². The second-order valence-corrected chi connectivity index (χ2v) is 5.62. The second kappa shape index (κ2) is 8.15. The molecule has 6 nitrogen and oxygen atoms in total. The van der Waals surface area contributed by atoms with Crippen molar-refractivity contribution in [2.75, 3.05) is 6.61 Å². The first-order valence-corrected chi connectivity index (χ1v) is 8.00. The van der Waals surface area contributed by atoms with Crippen LogP contribution in [0.25, 0.3) is 6.08 Å². The molecule has 0 fully saturated rings. The molecular formula is C19H20N2O4. The molecule has 0 amide bonds. The number of nitrogens with zero attached hydrogens (tertiary/aromatic N) is 2. The van der Waals surface area contributed by atoms with Crippen molar-refractivity contribution in [1.82, 2.24) is 4.57 Å². The van der Waals surface area contributed by atoms with E-state index in [0.717, 1.165) is 24.4 Å². The van der Waals surface area contributed by atoms with Gasteiger partial charge in [0.05, 0.1) is 6.26 Å². The molecule has 2 aromatic heterocycles. The molecule has 25 heavy (non-hydrogen) atoms. The lowest BCUT2D eigenvalue weighted by molar-refractivity contribution is -0.137. The highest BCUT2D eigenvalue weighted by Crippen LogP contribution is 2.17. The number of aryl methyl sites for hydroxylation is 1. The topological polar surface area (TPSA) is 85.2 Å². The molecule has 2 heterocycles. The van der Waals surface area contributed by atoms with Crippen LogP contribution in [0.2, 0.25) is 0 Å². The molecular weight excluding hydrogens is 320 g/mol. The number of ketones is 1. The first-order valence-electron chi connectivity index (χ1n) is 8.00. The molecule has 130 valence electrons. The minimum atomic E-state index is -0.852. The van der Waals surface area contributed by atoms with Crippen LogP contribution in [-0.2, 0) is 16.1 Å². The van der Waals surface area contributed by atoms with E-state index >= 15 is 0 Å². The summed E-state index contributed by atoms with van der Waals surface area (Å²) in [7, 11) is 0. The van der Waals surface area contributed by atoms with Gasteiger partial charge in [0.25, 0.3) is 0 Å². The third-order valence-corrected chi connectivity index (χ3v) is 3.83. The highest BCUT2D eigenvalue weighted by molar-refractivity contribution is 6.02. The Labute approximate surface area is 146 Å². The number of ether oxygens (including phenoxy) is 1. The molecule has 0 saturated carbocycles. The molecule has 2 rings (SSSR count). The predicted octanol–water partition coefficient (Wildman–Crippen LogP) is 3.44. The lowest BCUT2D eigenvalue weighted by Gasteiger charge is -2.08. The number of Topliss-reactive ketones (excluding diaryl/α,β-unsaturated/α-hetero) is 1. The number of aromatic nitrogens is 1. The molecule has 0 atom stereocenters. The van der Waals surface area contributed by atoms with Crippen LogP contribution in [0.3, 0.4) is 0 Å². The summed E-state index contributed by atoms with van der Waals surface area (Å²) < 4.78 is 12.1. The Hall–Kier alpha value is -3.07. The number of hydrogen-bond acceptors (Lipinski definition) is 5. The van der Waals surface area contributed by atoms with Crippen LogP contribution in [0.5, 0.6) is 0 Å². The maximum Gasteiger partial charge on any atom is 0.349 e. The van der Waals surface area contributed by atoms with Crippen LogP contribution in [-0.4, -0.2) is 22.9 Å². The largest absolute Gasteiger partial charge is 0.465 e. The number of furan rings is 1. The third-order valence-electron chi connectivity index (χ3n) is 3.83. The van der Waals surface area contributed by atoms with E-state index in [4.69, 9.17) is 14.4 Å². The van der Waals surface area contributed by atoms with E-state index in [1.54, 1.807) is 24.3 Å². The van der Waals surface area contributed by atoms with Gasteiger partial charge in [-0.05, 0) is 38.5 Å². The van der Waals surface area contributed by atoms with E-state index in [1.807, 2.05) is 13.8 Å². The van der Waals surface area contributed by atoms with Crippen molar-refractivity contribution in [3.63, 3.8) is 0 Å². The van der Waals surface area contributed by atoms with Gasteiger partial charge in [-0.1, -0.05) is 6.92 Å². The van der Waals surface area contributed by atoms with E-state index in [9.17, 15) is 9.59 Å². The van der Waals surface area contributed by atoms with Crippen LogP contribution in [0.15, 0.2) is 34.5 Å². The molecule has 0 spiro atoms. The average molecular weight is 340 g/mol. The Morgan fingerprint density at radius 1 is 1.40 bits per heavy atom. The van der Waals surface area contributed by atoms with Crippen LogP contribution in [0.4, 0.5) is 0 Å². The number of carbonyl (C=O) groups excluding carboxylic acids is 2. The fraction of sp³-hybridized carbons (Fsp3) is 0.316. The monoisotopic (exact) mass is 340 g/mol. The van der Waals surface area contributed by atoms with Crippen molar-refractivity contribution >= 4 is 17.8 Å². The molecule has 0 aliphatic heterocycles. The highest BCUT2D eigenvalue weighted by atomic mass is 16.5. The molecule has 2 aromatic rings. The van der Waals surface area contributed by atoms with Crippen LogP contribution < -0.4 is 0 Å². The standard InChI is InChI=1S/C19H20N2O4/c1-4-7-21-13(2)9-17(14(21)3)18(22)12-25-19(23)15(11-20)10-16-6-5-8-24-16/h5-6,8-10H,4,7,12H2,1-3H3/b15-10+. The van der Waals surface area contributed by atoms with Gasteiger partial charge in [0.2, 0.25) is 5.78 Å². The van der Waals surface area contributed by atoms with E-state index in [0.29, 0.717) is 11.3 Å². The number of esters is 1. The van der Waals surface area contributed by atoms with Gasteiger partial charge in [-0.3, -0.25) is 4.79 Å². The van der Waals surface area contributed by atoms with Crippen molar-refractivity contribution in [3.05, 3.63) is 52.7 Å².